The number of amides is 1. The Morgan fingerprint density at radius 3 is 2.69 bits per heavy atom. The Bertz CT molecular complexity index is 2210. The van der Waals surface area contributed by atoms with Crippen LogP contribution in [-0.4, -0.2) is 96.0 Å². The zero-order valence-electron chi connectivity index (χ0n) is 30.0. The summed E-state index contributed by atoms with van der Waals surface area (Å²) in [5.74, 6) is -2.40. The highest BCUT2D eigenvalue weighted by atomic mass is 32.1. The Kier molecular flexibility index (Phi) is 9.74. The number of rotatable bonds is 8. The second kappa shape index (κ2) is 14.3. The van der Waals surface area contributed by atoms with Gasteiger partial charge >= 0.3 is 12.2 Å². The lowest BCUT2D eigenvalue weighted by Gasteiger charge is -2.32. The van der Waals surface area contributed by atoms with Crippen molar-refractivity contribution in [3.8, 4) is 23.2 Å². The number of nitriles is 1. The lowest BCUT2D eigenvalue weighted by Crippen LogP contribution is -2.43. The first-order chi connectivity index (χ1) is 26.3. The standard InChI is InChI=1S/C38H39F6N7O3S/c1-2-51(22-6-11-49(18-22)35(52)20-7-12-53-13-8-20)34-24-14-26(38(42,43)44)29(23-4-5-27(40)32-28(23)25(16-45)33(46)55-32)30(41)31(24)47-36(48-34)54-19-37-9-3-10-50(37)17-21(39)15-37/h4-5,14,20-22H,2-3,6-13,15,17-19,46H2,1H3. The summed E-state index contributed by atoms with van der Waals surface area (Å²) in [5, 5.41) is 9.29. The van der Waals surface area contributed by atoms with Crippen LogP contribution in [0.25, 0.3) is 32.1 Å². The van der Waals surface area contributed by atoms with Crippen LogP contribution in [-0.2, 0) is 15.7 Å². The highest BCUT2D eigenvalue weighted by Crippen LogP contribution is 2.48. The van der Waals surface area contributed by atoms with Crippen molar-refractivity contribution >= 4 is 49.1 Å². The number of hydrogen-bond acceptors (Lipinski definition) is 10. The van der Waals surface area contributed by atoms with Crippen LogP contribution in [0.2, 0.25) is 0 Å². The van der Waals surface area contributed by atoms with Crippen molar-refractivity contribution in [2.75, 3.05) is 63.2 Å². The first kappa shape index (κ1) is 37.5. The third-order valence-electron chi connectivity index (χ3n) is 11.7. The van der Waals surface area contributed by atoms with E-state index < -0.39 is 46.2 Å². The van der Waals surface area contributed by atoms with Crippen LogP contribution in [0.15, 0.2) is 18.2 Å². The Morgan fingerprint density at radius 1 is 1.18 bits per heavy atom. The number of benzene rings is 2. The van der Waals surface area contributed by atoms with Gasteiger partial charge in [-0.2, -0.15) is 28.4 Å². The predicted octanol–water partition coefficient (Wildman–Crippen LogP) is 7.07. The summed E-state index contributed by atoms with van der Waals surface area (Å²) in [6, 6.07) is 3.86. The summed E-state index contributed by atoms with van der Waals surface area (Å²) in [4.78, 5) is 28.0. The smallest absolute Gasteiger partial charge is 0.417 e. The SMILES string of the molecule is CCN(c1nc(OCC23CCCN2CC(F)C3)nc2c(F)c(-c3ccc(F)c4sc(N)c(C#N)c34)c(C(F)(F)F)cc12)C1CCN(C(=O)C2CCOCC2)C1. The quantitative estimate of drug-likeness (QED) is 0.187. The molecule has 4 saturated heterocycles. The van der Waals surface area contributed by atoms with Crippen molar-refractivity contribution in [3.05, 3.63) is 41.0 Å². The van der Waals surface area contributed by atoms with Gasteiger partial charge < -0.3 is 25.0 Å². The molecule has 6 heterocycles. The molecule has 2 N–H and O–H groups in total. The van der Waals surface area contributed by atoms with Gasteiger partial charge in [0.15, 0.2) is 5.82 Å². The summed E-state index contributed by atoms with van der Waals surface area (Å²) >= 11 is 0.684. The van der Waals surface area contributed by atoms with Crippen LogP contribution < -0.4 is 15.4 Å². The van der Waals surface area contributed by atoms with E-state index in [1.807, 2.05) is 11.0 Å². The minimum atomic E-state index is -5.13. The summed E-state index contributed by atoms with van der Waals surface area (Å²) in [7, 11) is 0. The first-order valence-electron chi connectivity index (χ1n) is 18.5. The maximum atomic E-state index is 17.3. The van der Waals surface area contributed by atoms with Gasteiger partial charge in [-0.25, -0.2) is 13.2 Å². The van der Waals surface area contributed by atoms with Crippen LogP contribution in [0.1, 0.15) is 56.6 Å². The number of ether oxygens (including phenoxy) is 2. The van der Waals surface area contributed by atoms with E-state index in [1.54, 1.807) is 16.7 Å². The molecule has 2 aromatic heterocycles. The van der Waals surface area contributed by atoms with E-state index in [0.717, 1.165) is 24.6 Å². The zero-order chi connectivity index (χ0) is 38.8. The van der Waals surface area contributed by atoms with Crippen LogP contribution in [0, 0.1) is 28.9 Å². The minimum Gasteiger partial charge on any atom is -0.461 e. The number of fused-ring (bicyclic) bond motifs is 3. The molecule has 10 nitrogen and oxygen atoms in total. The molecule has 4 aromatic rings. The summed E-state index contributed by atoms with van der Waals surface area (Å²) in [6.45, 7) is 4.63. The van der Waals surface area contributed by atoms with Gasteiger partial charge in [0.25, 0.3) is 0 Å². The molecule has 0 aliphatic carbocycles. The number of thiophene rings is 1. The molecule has 8 rings (SSSR count). The van der Waals surface area contributed by atoms with Crippen molar-refractivity contribution in [2.45, 2.75) is 69.4 Å². The Balaban J connectivity index is 1.28. The van der Waals surface area contributed by atoms with Crippen molar-refractivity contribution in [2.24, 2.45) is 5.92 Å². The number of nitrogen functional groups attached to an aromatic ring is 1. The van der Waals surface area contributed by atoms with Crippen molar-refractivity contribution < 1.29 is 40.6 Å². The number of carbonyl (C=O) groups excluding carboxylic acids is 1. The van der Waals surface area contributed by atoms with Gasteiger partial charge in [0.1, 0.15) is 41.0 Å². The topological polar surface area (TPSA) is 121 Å². The number of nitrogens with zero attached hydrogens (tertiary/aromatic N) is 6. The van der Waals surface area contributed by atoms with Crippen molar-refractivity contribution in [1.82, 2.24) is 19.8 Å². The predicted molar refractivity (Wildman–Crippen MR) is 194 cm³/mol. The average Bonchev–Trinajstić information content (AvgIpc) is 3.94. The fourth-order valence-corrected chi connectivity index (χ4v) is 10.0. The highest BCUT2D eigenvalue weighted by Gasteiger charge is 2.49. The monoisotopic (exact) mass is 787 g/mol. The van der Waals surface area contributed by atoms with E-state index in [9.17, 15) is 14.4 Å². The van der Waals surface area contributed by atoms with E-state index in [2.05, 4.69) is 9.97 Å². The lowest BCUT2D eigenvalue weighted by atomic mass is 9.92. The van der Waals surface area contributed by atoms with E-state index >= 15 is 22.0 Å². The molecule has 292 valence electrons. The maximum Gasteiger partial charge on any atom is 0.417 e. The molecule has 0 spiro atoms. The molecule has 3 unspecified atom stereocenters. The number of nitrogens with two attached hydrogens (primary N) is 1. The molecule has 17 heteroatoms. The Morgan fingerprint density at radius 2 is 1.96 bits per heavy atom. The third kappa shape index (κ3) is 6.49. The second-order valence-corrected chi connectivity index (χ2v) is 15.9. The fraction of sp³-hybridized carbons (Fsp3) is 0.526. The molecule has 2 aromatic carbocycles. The Hall–Kier alpha value is -4.40. The molecule has 55 heavy (non-hydrogen) atoms. The summed E-state index contributed by atoms with van der Waals surface area (Å²) in [6.07, 6.45) is -2.77. The van der Waals surface area contributed by atoms with E-state index in [1.165, 1.54) is 0 Å². The molecule has 0 bridgehead atoms. The number of halogens is 6. The number of alkyl halides is 4. The van der Waals surface area contributed by atoms with Gasteiger partial charge in [0, 0.05) is 74.1 Å². The lowest BCUT2D eigenvalue weighted by molar-refractivity contribution is -0.138. The zero-order valence-corrected chi connectivity index (χ0v) is 30.8. The van der Waals surface area contributed by atoms with Gasteiger partial charge in [0.05, 0.1) is 21.4 Å². The van der Waals surface area contributed by atoms with Crippen molar-refractivity contribution in [1.29, 1.82) is 5.26 Å². The number of hydrogen-bond donors (Lipinski definition) is 1. The van der Waals surface area contributed by atoms with Gasteiger partial charge in [-0.05, 0) is 63.3 Å². The minimum absolute atomic E-state index is 0.00649. The maximum absolute atomic E-state index is 17.3. The summed E-state index contributed by atoms with van der Waals surface area (Å²) < 4.78 is 104. The molecule has 0 saturated carbocycles. The fourth-order valence-electron chi connectivity index (χ4n) is 9.10. The van der Waals surface area contributed by atoms with Gasteiger partial charge in [-0.1, -0.05) is 6.07 Å². The van der Waals surface area contributed by atoms with Crippen LogP contribution in [0.5, 0.6) is 6.01 Å². The summed E-state index contributed by atoms with van der Waals surface area (Å²) in [5.41, 5.74) is 1.94. The third-order valence-corrected chi connectivity index (χ3v) is 12.8. The largest absolute Gasteiger partial charge is 0.461 e. The number of anilines is 2. The van der Waals surface area contributed by atoms with Crippen LogP contribution in [0.3, 0.4) is 0 Å². The molecular formula is C38H39F6N7O3S. The normalized spacial score (nSPS) is 23.5. The molecule has 4 aliphatic rings. The number of aromatic nitrogens is 2. The van der Waals surface area contributed by atoms with Crippen LogP contribution >= 0.6 is 11.3 Å². The van der Waals surface area contributed by atoms with Gasteiger partial charge in [0.2, 0.25) is 5.91 Å². The van der Waals surface area contributed by atoms with Gasteiger partial charge in [-0.15, -0.1) is 11.3 Å². The second-order valence-electron chi connectivity index (χ2n) is 14.9. The number of likely N-dealkylation sites (tertiary alicyclic amines) is 1. The number of carbonyl (C=O) groups is 1. The highest BCUT2D eigenvalue weighted by molar-refractivity contribution is 7.23. The van der Waals surface area contributed by atoms with E-state index in [4.69, 9.17) is 15.2 Å². The number of likely N-dealkylation sites (N-methyl/N-ethyl adjacent to an activating group) is 1. The molecule has 4 fully saturated rings. The molecule has 3 atom stereocenters. The molecular weight excluding hydrogens is 749 g/mol. The first-order valence-corrected chi connectivity index (χ1v) is 19.3. The van der Waals surface area contributed by atoms with E-state index in [0.29, 0.717) is 63.3 Å². The molecule has 1 amide bonds. The van der Waals surface area contributed by atoms with E-state index in [-0.39, 0.29) is 94.0 Å². The van der Waals surface area contributed by atoms with Gasteiger partial charge in [-0.3, -0.25) is 9.69 Å². The van der Waals surface area contributed by atoms with Crippen LogP contribution in [0.4, 0.5) is 37.2 Å². The van der Waals surface area contributed by atoms with Crippen molar-refractivity contribution in [3.63, 3.8) is 0 Å². The average molecular weight is 788 g/mol. The Labute approximate surface area is 316 Å². The molecule has 4 aliphatic heterocycles. The molecule has 0 radical (unpaired) electrons.